The second kappa shape index (κ2) is 14.8. The number of hydrogen-bond acceptors (Lipinski definition) is 5. The number of amides is 3. The maximum atomic E-state index is 13.7. The first kappa shape index (κ1) is 30.3. The van der Waals surface area contributed by atoms with Crippen LogP contribution in [0.1, 0.15) is 33.8 Å². The van der Waals surface area contributed by atoms with Crippen molar-refractivity contribution in [2.75, 3.05) is 58.2 Å². The highest BCUT2D eigenvalue weighted by molar-refractivity contribution is 5.94. The van der Waals surface area contributed by atoms with Crippen LogP contribution in [0.2, 0.25) is 0 Å². The summed E-state index contributed by atoms with van der Waals surface area (Å²) in [6.45, 7) is 7.74. The minimum Gasteiger partial charge on any atom is -0.465 e. The number of ether oxygens (including phenoxy) is 1. The predicted molar refractivity (Wildman–Crippen MR) is 163 cm³/mol. The lowest BCUT2D eigenvalue weighted by Gasteiger charge is -2.34. The zero-order chi connectivity index (χ0) is 29.9. The number of nitrogens with one attached hydrogen (secondary N) is 1. The van der Waals surface area contributed by atoms with Gasteiger partial charge in [0.1, 0.15) is 0 Å². The molecule has 1 saturated heterocycles. The van der Waals surface area contributed by atoms with Gasteiger partial charge in [0.2, 0.25) is 0 Å². The Balaban J connectivity index is 1.50. The highest BCUT2D eigenvalue weighted by Gasteiger charge is 2.23. The lowest BCUT2D eigenvalue weighted by atomic mass is 9.88. The number of rotatable bonds is 11. The van der Waals surface area contributed by atoms with Crippen LogP contribution >= 0.6 is 0 Å². The van der Waals surface area contributed by atoms with Gasteiger partial charge in [0.25, 0.3) is 0 Å². The maximum Gasteiger partial charge on any atom is 0.407 e. The molecule has 1 aliphatic heterocycles. The Hall–Kier alpha value is -4.63. The van der Waals surface area contributed by atoms with Gasteiger partial charge in [-0.1, -0.05) is 73.3 Å². The molecule has 1 heterocycles. The van der Waals surface area contributed by atoms with Crippen molar-refractivity contribution in [2.45, 2.75) is 12.3 Å². The van der Waals surface area contributed by atoms with E-state index in [0.717, 1.165) is 5.57 Å². The van der Waals surface area contributed by atoms with Crippen LogP contribution in [-0.2, 0) is 4.74 Å². The van der Waals surface area contributed by atoms with Crippen LogP contribution in [-0.4, -0.2) is 90.8 Å². The summed E-state index contributed by atoms with van der Waals surface area (Å²) in [5, 5.41) is 12.2. The van der Waals surface area contributed by atoms with Gasteiger partial charge in [-0.3, -0.25) is 4.90 Å². The van der Waals surface area contributed by atoms with E-state index in [1.54, 1.807) is 29.2 Å². The fourth-order valence-electron chi connectivity index (χ4n) is 5.21. The van der Waals surface area contributed by atoms with Crippen molar-refractivity contribution in [3.05, 3.63) is 114 Å². The summed E-state index contributed by atoms with van der Waals surface area (Å²) in [5.41, 5.74) is 4.04. The fourth-order valence-corrected chi connectivity index (χ4v) is 5.21. The average molecular weight is 571 g/mol. The summed E-state index contributed by atoms with van der Waals surface area (Å²) >= 11 is 0. The third-order valence-corrected chi connectivity index (χ3v) is 7.42. The number of piperazine rings is 1. The number of nitrogens with zero attached hydrogens (tertiary/aromatic N) is 3. The zero-order valence-electron chi connectivity index (χ0n) is 23.9. The lowest BCUT2D eigenvalue weighted by Crippen LogP contribution is -2.49. The molecular weight excluding hydrogens is 532 g/mol. The third kappa shape index (κ3) is 8.44. The molecule has 9 nitrogen and oxygen atoms in total. The topological polar surface area (TPSA) is 102 Å². The van der Waals surface area contributed by atoms with Crippen LogP contribution in [0.25, 0.3) is 0 Å². The van der Waals surface area contributed by atoms with E-state index in [1.807, 2.05) is 36.4 Å². The molecule has 9 heteroatoms. The number of anilines is 1. The van der Waals surface area contributed by atoms with Crippen LogP contribution in [0.5, 0.6) is 0 Å². The quantitative estimate of drug-likeness (QED) is 0.237. The van der Waals surface area contributed by atoms with Crippen molar-refractivity contribution in [3.8, 4) is 0 Å². The summed E-state index contributed by atoms with van der Waals surface area (Å²) < 4.78 is 4.82. The first-order valence-electron chi connectivity index (χ1n) is 14.0. The maximum absolute atomic E-state index is 13.7. The molecular formula is C33H38N4O5. The molecule has 1 fully saturated rings. The molecule has 0 bridgehead atoms. The van der Waals surface area contributed by atoms with Gasteiger partial charge in [-0.25, -0.2) is 14.4 Å². The summed E-state index contributed by atoms with van der Waals surface area (Å²) in [6.07, 6.45) is -0.215. The number of hydrogen-bond donors (Lipinski definition) is 2. The molecule has 4 rings (SSSR count). The standard InChI is InChI=1S/C33H38N4O5/c1-25(23-35-18-20-36(21-19-35)33(40)41)24-37(32(39)34-29-15-9-14-28(22-29)31(38)42-2)17-16-30(26-10-5-3-6-11-26)27-12-7-4-8-13-27/h3-15,22,30H,1,16-21,23-24H2,2H3,(H,34,39)(H,40,41). The molecule has 2 N–H and O–H groups in total. The van der Waals surface area contributed by atoms with E-state index in [9.17, 15) is 19.5 Å². The van der Waals surface area contributed by atoms with Gasteiger partial charge in [0.15, 0.2) is 0 Å². The molecule has 0 aliphatic carbocycles. The highest BCUT2D eigenvalue weighted by atomic mass is 16.5. The molecule has 42 heavy (non-hydrogen) atoms. The lowest BCUT2D eigenvalue weighted by molar-refractivity contribution is 0.0600. The third-order valence-electron chi connectivity index (χ3n) is 7.42. The van der Waals surface area contributed by atoms with Crippen LogP contribution in [0, 0.1) is 0 Å². The van der Waals surface area contributed by atoms with Crippen LogP contribution in [0.4, 0.5) is 15.3 Å². The minimum absolute atomic E-state index is 0.0858. The number of carboxylic acid groups (broad SMARTS) is 1. The van der Waals surface area contributed by atoms with Gasteiger partial charge < -0.3 is 25.0 Å². The van der Waals surface area contributed by atoms with E-state index in [2.05, 4.69) is 41.1 Å². The number of methoxy groups -OCH3 is 1. The van der Waals surface area contributed by atoms with Crippen molar-refractivity contribution in [2.24, 2.45) is 0 Å². The zero-order valence-corrected chi connectivity index (χ0v) is 23.9. The number of benzene rings is 3. The molecule has 0 radical (unpaired) electrons. The average Bonchev–Trinajstić information content (AvgIpc) is 3.01. The van der Waals surface area contributed by atoms with Gasteiger partial charge in [-0.2, -0.15) is 0 Å². The van der Waals surface area contributed by atoms with E-state index in [4.69, 9.17) is 4.74 Å². The molecule has 0 spiro atoms. The molecule has 220 valence electrons. The van der Waals surface area contributed by atoms with Crippen molar-refractivity contribution in [1.82, 2.24) is 14.7 Å². The van der Waals surface area contributed by atoms with Gasteiger partial charge >= 0.3 is 18.1 Å². The number of carbonyl (C=O) groups excluding carboxylic acids is 2. The summed E-state index contributed by atoms with van der Waals surface area (Å²) in [4.78, 5) is 42.3. The van der Waals surface area contributed by atoms with Crippen molar-refractivity contribution >= 4 is 23.8 Å². The van der Waals surface area contributed by atoms with Gasteiger partial charge in [-0.15, -0.1) is 0 Å². The number of carbonyl (C=O) groups is 3. The molecule has 0 unspecified atom stereocenters. The monoisotopic (exact) mass is 570 g/mol. The Morgan fingerprint density at radius 1 is 0.929 bits per heavy atom. The first-order chi connectivity index (χ1) is 20.3. The Morgan fingerprint density at radius 3 is 2.12 bits per heavy atom. The summed E-state index contributed by atoms with van der Waals surface area (Å²) in [6, 6.07) is 26.9. The molecule has 3 aromatic carbocycles. The van der Waals surface area contributed by atoms with E-state index in [1.165, 1.54) is 23.1 Å². The second-order valence-corrected chi connectivity index (χ2v) is 10.4. The van der Waals surface area contributed by atoms with E-state index in [0.29, 0.717) is 63.5 Å². The summed E-state index contributed by atoms with van der Waals surface area (Å²) in [7, 11) is 1.32. The van der Waals surface area contributed by atoms with Crippen LogP contribution in [0.3, 0.4) is 0 Å². The smallest absolute Gasteiger partial charge is 0.407 e. The Labute approximate surface area is 247 Å². The van der Waals surface area contributed by atoms with Crippen molar-refractivity contribution < 1.29 is 24.2 Å². The second-order valence-electron chi connectivity index (χ2n) is 10.4. The van der Waals surface area contributed by atoms with Crippen LogP contribution < -0.4 is 5.32 Å². The predicted octanol–water partition coefficient (Wildman–Crippen LogP) is 5.38. The van der Waals surface area contributed by atoms with Crippen molar-refractivity contribution in [3.63, 3.8) is 0 Å². The Morgan fingerprint density at radius 2 is 1.55 bits per heavy atom. The normalized spacial score (nSPS) is 13.4. The molecule has 1 aliphatic rings. The molecule has 0 aromatic heterocycles. The minimum atomic E-state index is -0.904. The van der Waals surface area contributed by atoms with Gasteiger partial charge in [-0.05, 0) is 41.3 Å². The highest BCUT2D eigenvalue weighted by Crippen LogP contribution is 2.28. The van der Waals surface area contributed by atoms with Gasteiger partial charge in [0, 0.05) is 57.4 Å². The van der Waals surface area contributed by atoms with Crippen LogP contribution in [0.15, 0.2) is 97.1 Å². The largest absolute Gasteiger partial charge is 0.465 e. The van der Waals surface area contributed by atoms with Gasteiger partial charge in [0.05, 0.1) is 12.7 Å². The van der Waals surface area contributed by atoms with E-state index >= 15 is 0 Å². The molecule has 0 atom stereocenters. The SMILES string of the molecule is C=C(CN1CCN(C(=O)O)CC1)CN(CCC(c1ccccc1)c1ccccc1)C(=O)Nc1cccc(C(=O)OC)c1. The van der Waals surface area contributed by atoms with E-state index < -0.39 is 12.1 Å². The van der Waals surface area contributed by atoms with E-state index in [-0.39, 0.29) is 11.9 Å². The first-order valence-corrected chi connectivity index (χ1v) is 14.0. The molecule has 3 amide bonds. The Kier molecular flexibility index (Phi) is 10.7. The number of esters is 1. The summed E-state index contributed by atoms with van der Waals surface area (Å²) in [5.74, 6) is -0.393. The molecule has 3 aromatic rings. The number of urea groups is 1. The molecule has 0 saturated carbocycles. The fraction of sp³-hybridized carbons (Fsp3) is 0.303. The van der Waals surface area contributed by atoms with Crippen molar-refractivity contribution in [1.29, 1.82) is 0 Å². The Bertz CT molecular complexity index is 1320.